The van der Waals surface area contributed by atoms with Gasteiger partial charge in [0, 0.05) is 44.6 Å². The number of morpholine rings is 1. The minimum atomic E-state index is 0.382. The van der Waals surface area contributed by atoms with Crippen LogP contribution in [0.5, 0.6) is 0 Å². The minimum Gasteiger partial charge on any atom is -0.374 e. The number of hydrogen-bond donors (Lipinski definition) is 0. The van der Waals surface area contributed by atoms with E-state index in [2.05, 4.69) is 34.7 Å². The molecule has 1 aromatic heterocycles. The minimum absolute atomic E-state index is 0.382. The van der Waals surface area contributed by atoms with E-state index in [4.69, 9.17) is 4.74 Å². The molecule has 2 aliphatic heterocycles. The fourth-order valence-corrected chi connectivity index (χ4v) is 3.31. The molecule has 3 heterocycles. The zero-order valence-electron chi connectivity index (χ0n) is 11.8. The van der Waals surface area contributed by atoms with Crippen molar-refractivity contribution < 1.29 is 4.74 Å². The second-order valence-electron chi connectivity index (χ2n) is 5.86. The fraction of sp³-hybridized carbons (Fsp3) is 0.667. The first-order valence-electron chi connectivity index (χ1n) is 7.22. The molecule has 0 spiro atoms. The fourth-order valence-electron chi connectivity index (χ4n) is 3.31. The average Bonchev–Trinajstić information content (AvgIpc) is 2.81. The zero-order chi connectivity index (χ0) is 13.2. The summed E-state index contributed by atoms with van der Waals surface area (Å²) in [5, 5.41) is 0. The van der Waals surface area contributed by atoms with Crippen LogP contribution < -0.4 is 0 Å². The Labute approximate surface area is 115 Å². The maximum absolute atomic E-state index is 5.95. The molecule has 0 aromatic carbocycles. The van der Waals surface area contributed by atoms with E-state index in [0.717, 1.165) is 32.8 Å². The van der Waals surface area contributed by atoms with Gasteiger partial charge in [0.15, 0.2) is 0 Å². The van der Waals surface area contributed by atoms with Gasteiger partial charge in [-0.1, -0.05) is 6.07 Å². The molecule has 1 aromatic rings. The van der Waals surface area contributed by atoms with Crippen molar-refractivity contribution in [3.05, 3.63) is 30.1 Å². The van der Waals surface area contributed by atoms with Crippen LogP contribution in [0.25, 0.3) is 0 Å². The number of aromatic nitrogens is 1. The lowest BCUT2D eigenvalue weighted by Gasteiger charge is -2.39. The monoisotopic (exact) mass is 261 g/mol. The summed E-state index contributed by atoms with van der Waals surface area (Å²) in [4.78, 5) is 9.28. The first-order valence-corrected chi connectivity index (χ1v) is 7.22. The number of pyridine rings is 1. The molecule has 0 aliphatic carbocycles. The average molecular weight is 261 g/mol. The van der Waals surface area contributed by atoms with Gasteiger partial charge in [0.1, 0.15) is 0 Å². The zero-order valence-corrected chi connectivity index (χ0v) is 11.8. The van der Waals surface area contributed by atoms with E-state index in [1.54, 1.807) is 0 Å². The molecular formula is C15H23N3O. The van der Waals surface area contributed by atoms with E-state index in [1.165, 1.54) is 5.56 Å². The smallest absolute Gasteiger partial charge is 0.0870 e. The summed E-state index contributed by atoms with van der Waals surface area (Å²) in [5.74, 6) is 0. The Morgan fingerprint density at radius 1 is 1.42 bits per heavy atom. The van der Waals surface area contributed by atoms with Crippen molar-refractivity contribution in [1.29, 1.82) is 0 Å². The van der Waals surface area contributed by atoms with E-state index in [-0.39, 0.29) is 0 Å². The number of fused-ring (bicyclic) bond motifs is 1. The molecule has 4 nitrogen and oxygen atoms in total. The summed E-state index contributed by atoms with van der Waals surface area (Å²) in [6.45, 7) is 9.65. The summed E-state index contributed by atoms with van der Waals surface area (Å²) in [7, 11) is 0. The summed E-state index contributed by atoms with van der Waals surface area (Å²) >= 11 is 0. The second kappa shape index (κ2) is 5.57. The highest BCUT2D eigenvalue weighted by Gasteiger charge is 2.40. The molecule has 2 saturated heterocycles. The van der Waals surface area contributed by atoms with Crippen molar-refractivity contribution in [1.82, 2.24) is 14.8 Å². The van der Waals surface area contributed by atoms with Crippen molar-refractivity contribution in [3.63, 3.8) is 0 Å². The maximum atomic E-state index is 5.95. The van der Waals surface area contributed by atoms with E-state index >= 15 is 0 Å². The molecule has 0 amide bonds. The third kappa shape index (κ3) is 2.81. The molecule has 3 rings (SSSR count). The number of hydrogen-bond acceptors (Lipinski definition) is 4. The third-order valence-corrected chi connectivity index (χ3v) is 4.21. The summed E-state index contributed by atoms with van der Waals surface area (Å²) in [6.07, 6.45) is 4.17. The highest BCUT2D eigenvalue weighted by Crippen LogP contribution is 2.25. The quantitative estimate of drug-likeness (QED) is 0.822. The molecular weight excluding hydrogens is 238 g/mol. The molecule has 2 fully saturated rings. The van der Waals surface area contributed by atoms with Gasteiger partial charge in [0.05, 0.1) is 18.8 Å². The molecule has 0 saturated carbocycles. The van der Waals surface area contributed by atoms with Crippen LogP contribution in [0, 0.1) is 0 Å². The number of likely N-dealkylation sites (tertiary alicyclic amines) is 1. The van der Waals surface area contributed by atoms with Gasteiger partial charge >= 0.3 is 0 Å². The molecule has 0 unspecified atom stereocenters. The molecule has 0 N–H and O–H groups in total. The SMILES string of the molecule is CC(C)N1CCO[C@@H]2CN(Cc3cccnc3)C[C@@H]21. The van der Waals surface area contributed by atoms with Crippen molar-refractivity contribution >= 4 is 0 Å². The molecule has 2 aliphatic rings. The highest BCUT2D eigenvalue weighted by atomic mass is 16.5. The van der Waals surface area contributed by atoms with Gasteiger partial charge in [-0.15, -0.1) is 0 Å². The largest absolute Gasteiger partial charge is 0.374 e. The standard InChI is InChI=1S/C15H23N3O/c1-12(2)18-6-7-19-15-11-17(10-14(15)18)9-13-4-3-5-16-8-13/h3-5,8,12,14-15H,6-7,9-11H2,1-2H3/t14-,15+/m0/s1. The van der Waals surface area contributed by atoms with Crippen molar-refractivity contribution in [2.45, 2.75) is 38.6 Å². The summed E-state index contributed by atoms with van der Waals surface area (Å²) in [6, 6.07) is 5.32. The predicted molar refractivity (Wildman–Crippen MR) is 74.9 cm³/mol. The van der Waals surface area contributed by atoms with Gasteiger partial charge in [0.25, 0.3) is 0 Å². The van der Waals surface area contributed by atoms with Crippen LogP contribution in [0.4, 0.5) is 0 Å². The van der Waals surface area contributed by atoms with E-state index < -0.39 is 0 Å². The Morgan fingerprint density at radius 3 is 3.05 bits per heavy atom. The number of nitrogens with zero attached hydrogens (tertiary/aromatic N) is 3. The van der Waals surface area contributed by atoms with Crippen molar-refractivity contribution in [2.24, 2.45) is 0 Å². The first kappa shape index (κ1) is 13.0. The van der Waals surface area contributed by atoms with E-state index in [9.17, 15) is 0 Å². The van der Waals surface area contributed by atoms with Gasteiger partial charge in [-0.2, -0.15) is 0 Å². The van der Waals surface area contributed by atoms with Crippen LogP contribution in [0.3, 0.4) is 0 Å². The van der Waals surface area contributed by atoms with Gasteiger partial charge in [0.2, 0.25) is 0 Å². The Bertz CT molecular complexity index is 409. The van der Waals surface area contributed by atoms with Crippen LogP contribution in [-0.4, -0.2) is 59.2 Å². The predicted octanol–water partition coefficient (Wildman–Crippen LogP) is 1.37. The van der Waals surface area contributed by atoms with Crippen LogP contribution in [0.15, 0.2) is 24.5 Å². The van der Waals surface area contributed by atoms with Crippen LogP contribution in [-0.2, 0) is 11.3 Å². The first-order chi connectivity index (χ1) is 9.24. The van der Waals surface area contributed by atoms with Crippen LogP contribution >= 0.6 is 0 Å². The second-order valence-corrected chi connectivity index (χ2v) is 5.86. The summed E-state index contributed by atoms with van der Waals surface area (Å²) < 4.78 is 5.95. The Morgan fingerprint density at radius 2 is 2.32 bits per heavy atom. The number of ether oxygens (including phenoxy) is 1. The third-order valence-electron chi connectivity index (χ3n) is 4.21. The number of rotatable bonds is 3. The van der Waals surface area contributed by atoms with Crippen molar-refractivity contribution in [3.8, 4) is 0 Å². The topological polar surface area (TPSA) is 28.6 Å². The summed E-state index contributed by atoms with van der Waals surface area (Å²) in [5.41, 5.74) is 1.29. The van der Waals surface area contributed by atoms with Gasteiger partial charge < -0.3 is 4.74 Å². The molecule has 104 valence electrons. The Kier molecular flexibility index (Phi) is 3.82. The van der Waals surface area contributed by atoms with E-state index in [1.807, 2.05) is 18.5 Å². The molecule has 2 atom stereocenters. The molecule has 0 radical (unpaired) electrons. The lowest BCUT2D eigenvalue weighted by Crippen LogP contribution is -2.53. The van der Waals surface area contributed by atoms with Crippen molar-refractivity contribution in [2.75, 3.05) is 26.2 Å². The lowest BCUT2D eigenvalue weighted by atomic mass is 10.1. The van der Waals surface area contributed by atoms with Crippen LogP contribution in [0.1, 0.15) is 19.4 Å². The Balaban J connectivity index is 1.65. The Hall–Kier alpha value is -0.970. The van der Waals surface area contributed by atoms with Gasteiger partial charge in [-0.05, 0) is 25.5 Å². The highest BCUT2D eigenvalue weighted by molar-refractivity contribution is 5.09. The molecule has 4 heteroatoms. The van der Waals surface area contributed by atoms with Gasteiger partial charge in [-0.3, -0.25) is 14.8 Å². The normalized spacial score (nSPS) is 28.8. The lowest BCUT2D eigenvalue weighted by molar-refractivity contribution is -0.0583. The van der Waals surface area contributed by atoms with Crippen LogP contribution in [0.2, 0.25) is 0 Å². The molecule has 19 heavy (non-hydrogen) atoms. The maximum Gasteiger partial charge on any atom is 0.0870 e. The van der Waals surface area contributed by atoms with Gasteiger partial charge in [-0.25, -0.2) is 0 Å². The van der Waals surface area contributed by atoms with E-state index in [0.29, 0.717) is 18.2 Å². The molecule has 0 bridgehead atoms.